The van der Waals surface area contributed by atoms with E-state index in [-0.39, 0.29) is 34.6 Å². The highest BCUT2D eigenvalue weighted by molar-refractivity contribution is 6.02. The molecule has 0 radical (unpaired) electrons. The number of phenols is 1. The summed E-state index contributed by atoms with van der Waals surface area (Å²) in [5.41, 5.74) is 4.78. The molecule has 3 saturated heterocycles. The van der Waals surface area contributed by atoms with Crippen LogP contribution in [0.2, 0.25) is 0 Å². The number of nitrogens with zero attached hydrogens (tertiary/aromatic N) is 5. The van der Waals surface area contributed by atoms with Gasteiger partial charge in [-0.2, -0.15) is 9.97 Å². The van der Waals surface area contributed by atoms with Gasteiger partial charge in [-0.25, -0.2) is 4.39 Å². The quantitative estimate of drug-likeness (QED) is 0.236. The number of phenolic OH excluding ortho intramolecular Hbond substituents is 1. The maximum absolute atomic E-state index is 17.0. The van der Waals surface area contributed by atoms with Crippen molar-refractivity contribution >= 4 is 27.5 Å². The fourth-order valence-electron chi connectivity index (χ4n) is 9.41. The number of hydrogen-bond donors (Lipinski definition) is 2. The maximum Gasteiger partial charge on any atom is 0.319 e. The summed E-state index contributed by atoms with van der Waals surface area (Å²) in [5, 5.41) is 16.2. The van der Waals surface area contributed by atoms with E-state index in [0.29, 0.717) is 65.0 Å². The van der Waals surface area contributed by atoms with Crippen molar-refractivity contribution in [3.8, 4) is 35.4 Å². The van der Waals surface area contributed by atoms with Crippen molar-refractivity contribution in [3.63, 3.8) is 0 Å². The van der Waals surface area contributed by atoms with E-state index in [2.05, 4.69) is 44.2 Å². The number of terminal acetylenes is 1. The zero-order chi connectivity index (χ0) is 32.9. The number of piperazine rings is 1. The first-order valence-electron chi connectivity index (χ1n) is 17.2. The molecule has 4 atom stereocenters. The Hall–Kier alpha value is -4.82. The Morgan fingerprint density at radius 2 is 1.98 bits per heavy atom. The molecule has 2 aromatic heterocycles. The zero-order valence-electron chi connectivity index (χ0n) is 27.0. The fraction of sp³-hybridized carbons (Fsp3) is 0.359. The molecule has 5 aliphatic rings. The van der Waals surface area contributed by atoms with Crippen LogP contribution in [0, 0.1) is 18.2 Å². The minimum Gasteiger partial charge on any atom is -0.508 e. The van der Waals surface area contributed by atoms with E-state index in [1.807, 2.05) is 12.1 Å². The smallest absolute Gasteiger partial charge is 0.319 e. The van der Waals surface area contributed by atoms with Gasteiger partial charge in [-0.15, -0.1) is 6.42 Å². The van der Waals surface area contributed by atoms with Gasteiger partial charge in [-0.05, 0) is 72.5 Å². The Bertz CT molecular complexity index is 2230. The number of nitrogens with one attached hydrogen (secondary N) is 1. The molecule has 3 aromatic carbocycles. The third kappa shape index (κ3) is 4.32. The van der Waals surface area contributed by atoms with Crippen LogP contribution in [0.5, 0.6) is 11.8 Å². The number of aromatic hydroxyl groups is 1. The van der Waals surface area contributed by atoms with Crippen molar-refractivity contribution in [3.05, 3.63) is 82.8 Å². The second kappa shape index (κ2) is 10.8. The minimum atomic E-state index is -0.609. The Labute approximate surface area is 283 Å². The number of ether oxygens (including phenoxy) is 2. The lowest BCUT2D eigenvalue weighted by atomic mass is 9.86. The van der Waals surface area contributed by atoms with Gasteiger partial charge >= 0.3 is 6.01 Å². The molecular formula is C39H35FN6O3. The normalized spacial score (nSPS) is 25.5. The number of aromatic nitrogens is 3. The topological polar surface area (TPSA) is 95.9 Å². The van der Waals surface area contributed by atoms with Gasteiger partial charge in [0.25, 0.3) is 0 Å². The van der Waals surface area contributed by atoms with Crippen LogP contribution in [0.15, 0.2) is 54.7 Å². The maximum atomic E-state index is 17.0. The average molecular weight is 655 g/mol. The van der Waals surface area contributed by atoms with Crippen molar-refractivity contribution < 1.29 is 19.0 Å². The summed E-state index contributed by atoms with van der Waals surface area (Å²) in [6.07, 6.45) is 11.7. The highest BCUT2D eigenvalue weighted by Crippen LogP contribution is 2.54. The van der Waals surface area contributed by atoms with E-state index in [4.69, 9.17) is 25.9 Å². The SMILES string of the molecule is C#Cc1cccc2cc(O)cc(-c3ncc4c(N5CC6CCC(C5)N6)nc(OCC56CCCN5C5COCc7cccc6c75)nc4c3F)c12. The molecule has 2 N–H and O–H groups in total. The van der Waals surface area contributed by atoms with Crippen molar-refractivity contribution in [2.75, 3.05) is 37.7 Å². The Balaban J connectivity index is 1.11. The summed E-state index contributed by atoms with van der Waals surface area (Å²) in [6, 6.07) is 16.2. The van der Waals surface area contributed by atoms with E-state index in [9.17, 15) is 5.11 Å². The second-order valence-corrected chi connectivity index (χ2v) is 14.1. The lowest BCUT2D eigenvalue weighted by Gasteiger charge is -2.36. The summed E-state index contributed by atoms with van der Waals surface area (Å²) < 4.78 is 29.7. The first-order valence-corrected chi connectivity index (χ1v) is 17.2. The molecule has 5 aliphatic heterocycles. The molecule has 0 amide bonds. The van der Waals surface area contributed by atoms with Crippen LogP contribution in [-0.2, 0) is 16.9 Å². The highest BCUT2D eigenvalue weighted by atomic mass is 19.1. The van der Waals surface area contributed by atoms with Gasteiger partial charge in [0, 0.05) is 47.9 Å². The molecule has 7 heterocycles. The molecule has 9 nitrogen and oxygen atoms in total. The van der Waals surface area contributed by atoms with Crippen LogP contribution in [-0.4, -0.2) is 69.9 Å². The van der Waals surface area contributed by atoms with Crippen LogP contribution >= 0.6 is 0 Å². The monoisotopic (exact) mass is 654 g/mol. The fourth-order valence-corrected chi connectivity index (χ4v) is 9.41. The molecule has 10 rings (SSSR count). The predicted octanol–water partition coefficient (Wildman–Crippen LogP) is 5.57. The Morgan fingerprint density at radius 1 is 1.12 bits per heavy atom. The molecule has 5 aromatic rings. The lowest BCUT2D eigenvalue weighted by molar-refractivity contribution is -0.00105. The van der Waals surface area contributed by atoms with Crippen LogP contribution in [0.3, 0.4) is 0 Å². The first kappa shape index (κ1) is 29.1. The number of rotatable bonds is 5. The van der Waals surface area contributed by atoms with E-state index < -0.39 is 5.82 Å². The molecule has 49 heavy (non-hydrogen) atoms. The molecule has 246 valence electrons. The van der Waals surface area contributed by atoms with Gasteiger partial charge < -0.3 is 24.8 Å². The van der Waals surface area contributed by atoms with Gasteiger partial charge in [0.05, 0.1) is 30.2 Å². The lowest BCUT2D eigenvalue weighted by Crippen LogP contribution is -2.51. The number of benzene rings is 3. The van der Waals surface area contributed by atoms with Gasteiger partial charge in [0.1, 0.15) is 29.4 Å². The summed E-state index contributed by atoms with van der Waals surface area (Å²) in [5.74, 6) is 2.72. The number of pyridine rings is 1. The Kier molecular flexibility index (Phi) is 6.44. The van der Waals surface area contributed by atoms with Crippen molar-refractivity contribution in [2.24, 2.45) is 0 Å². The molecular weight excluding hydrogens is 619 g/mol. The summed E-state index contributed by atoms with van der Waals surface area (Å²) in [7, 11) is 0. The molecule has 2 bridgehead atoms. The largest absolute Gasteiger partial charge is 0.508 e. The third-order valence-corrected chi connectivity index (χ3v) is 11.5. The first-order chi connectivity index (χ1) is 24.0. The zero-order valence-corrected chi connectivity index (χ0v) is 27.0. The predicted molar refractivity (Wildman–Crippen MR) is 184 cm³/mol. The van der Waals surface area contributed by atoms with Crippen LogP contribution in [0.4, 0.5) is 10.2 Å². The van der Waals surface area contributed by atoms with Crippen molar-refractivity contribution in [1.82, 2.24) is 25.2 Å². The summed E-state index contributed by atoms with van der Waals surface area (Å²) in [4.78, 5) is 19.2. The number of fused-ring (bicyclic) bond motifs is 7. The van der Waals surface area contributed by atoms with Gasteiger partial charge in [-0.1, -0.05) is 36.3 Å². The molecule has 0 aliphatic carbocycles. The third-order valence-electron chi connectivity index (χ3n) is 11.5. The molecule has 0 saturated carbocycles. The van der Waals surface area contributed by atoms with Crippen molar-refractivity contribution in [1.29, 1.82) is 0 Å². The number of halogens is 1. The van der Waals surface area contributed by atoms with E-state index in [1.165, 1.54) is 22.8 Å². The van der Waals surface area contributed by atoms with Gasteiger partial charge in [0.2, 0.25) is 0 Å². The van der Waals surface area contributed by atoms with Crippen LogP contribution in [0.1, 0.15) is 54.0 Å². The van der Waals surface area contributed by atoms with Gasteiger partial charge in [-0.3, -0.25) is 9.88 Å². The van der Waals surface area contributed by atoms with E-state index in [1.54, 1.807) is 18.3 Å². The van der Waals surface area contributed by atoms with Crippen LogP contribution < -0.4 is 15.0 Å². The molecule has 3 fully saturated rings. The number of anilines is 1. The second-order valence-electron chi connectivity index (χ2n) is 14.1. The molecule has 10 heteroatoms. The average Bonchev–Trinajstić information content (AvgIpc) is 3.78. The standard InChI is InChI=1S/C39H35FN6O3/c1-2-22-6-3-7-23-14-27(47)15-28(32(22)23)35-34(40)36-29(16-41-35)37(45-17-25-10-11-26(18-45)42-25)44-38(43-36)49-21-39-12-5-13-46(39)31-20-48-19-24-8-4-9-30(39)33(24)31/h1,3-4,6-9,14-16,25-26,31,42,47H,5,10-13,17-21H2. The van der Waals surface area contributed by atoms with Crippen LogP contribution in [0.25, 0.3) is 32.9 Å². The minimum absolute atomic E-state index is 0.00491. The van der Waals surface area contributed by atoms with Gasteiger partial charge in [0.15, 0.2) is 5.82 Å². The van der Waals surface area contributed by atoms with E-state index >= 15 is 4.39 Å². The Morgan fingerprint density at radius 3 is 2.84 bits per heavy atom. The van der Waals surface area contributed by atoms with E-state index in [0.717, 1.165) is 45.3 Å². The number of hydrogen-bond acceptors (Lipinski definition) is 9. The summed E-state index contributed by atoms with van der Waals surface area (Å²) >= 11 is 0. The molecule has 0 spiro atoms. The molecule has 4 unspecified atom stereocenters. The summed E-state index contributed by atoms with van der Waals surface area (Å²) in [6.45, 7) is 4.11. The van der Waals surface area contributed by atoms with Crippen molar-refractivity contribution in [2.45, 2.75) is 56.0 Å². The highest BCUT2D eigenvalue weighted by Gasteiger charge is 2.55.